The van der Waals surface area contributed by atoms with Crippen molar-refractivity contribution in [3.05, 3.63) is 30.1 Å². The smallest absolute Gasteiger partial charge is 0.146 e. The molecule has 162 valence electrons. The average Bonchev–Trinajstić information content (AvgIpc) is 3.03. The maximum Gasteiger partial charge on any atom is 0.146 e. The largest absolute Gasteiger partial charge is 0.392 e. The van der Waals surface area contributed by atoms with Crippen LogP contribution in [0.4, 0.5) is 10.1 Å². The first-order chi connectivity index (χ1) is 13.8. The molecule has 0 unspecified atom stereocenters. The zero-order valence-electron chi connectivity index (χ0n) is 18.2. The second-order valence-corrected chi connectivity index (χ2v) is 10.2. The summed E-state index contributed by atoms with van der Waals surface area (Å²) in [4.78, 5) is 4.38. The predicted octanol–water partition coefficient (Wildman–Crippen LogP) is 3.93. The van der Waals surface area contributed by atoms with E-state index < -0.39 is 0 Å². The Kier molecular flexibility index (Phi) is 5.93. The summed E-state index contributed by atoms with van der Waals surface area (Å²) in [6.07, 6.45) is 4.44. The van der Waals surface area contributed by atoms with Crippen molar-refractivity contribution in [3.8, 4) is 0 Å². The molecular weight excluding hydrogens is 367 g/mol. The Morgan fingerprint density at radius 2 is 1.90 bits per heavy atom. The zero-order chi connectivity index (χ0) is 20.6. The molecule has 2 bridgehead atoms. The van der Waals surface area contributed by atoms with E-state index in [0.29, 0.717) is 36.8 Å². The minimum Gasteiger partial charge on any atom is -0.392 e. The van der Waals surface area contributed by atoms with Crippen LogP contribution in [0.2, 0.25) is 0 Å². The molecule has 3 fully saturated rings. The Morgan fingerprint density at radius 3 is 2.52 bits per heavy atom. The van der Waals surface area contributed by atoms with Crippen LogP contribution in [0.15, 0.2) is 24.3 Å². The van der Waals surface area contributed by atoms with Gasteiger partial charge in [0.2, 0.25) is 0 Å². The maximum atomic E-state index is 14.0. The minimum atomic E-state index is -0.366. The number of fused-ring (bicyclic) bond motifs is 2. The van der Waals surface area contributed by atoms with Crippen LogP contribution in [0.5, 0.6) is 0 Å². The van der Waals surface area contributed by atoms with E-state index in [4.69, 9.17) is 4.74 Å². The van der Waals surface area contributed by atoms with Crippen LogP contribution in [-0.4, -0.2) is 61.5 Å². The molecule has 5 heteroatoms. The molecule has 0 spiro atoms. The van der Waals surface area contributed by atoms with Crippen molar-refractivity contribution in [1.82, 2.24) is 4.90 Å². The monoisotopic (exact) mass is 404 g/mol. The molecule has 1 N–H and O–H groups in total. The van der Waals surface area contributed by atoms with E-state index in [2.05, 4.69) is 30.6 Å². The van der Waals surface area contributed by atoms with Gasteiger partial charge in [-0.15, -0.1) is 0 Å². The third kappa shape index (κ3) is 3.94. The van der Waals surface area contributed by atoms with Crippen molar-refractivity contribution in [2.45, 2.75) is 58.7 Å². The maximum absolute atomic E-state index is 14.0. The molecule has 0 aromatic heterocycles. The highest BCUT2D eigenvalue weighted by molar-refractivity contribution is 5.47. The third-order valence-corrected chi connectivity index (χ3v) is 8.52. The van der Waals surface area contributed by atoms with Crippen LogP contribution >= 0.6 is 0 Å². The molecule has 29 heavy (non-hydrogen) atoms. The van der Waals surface area contributed by atoms with Gasteiger partial charge < -0.3 is 14.7 Å². The number of aliphatic hydroxyl groups is 1. The first-order valence-corrected chi connectivity index (χ1v) is 11.3. The van der Waals surface area contributed by atoms with Gasteiger partial charge in [-0.25, -0.2) is 4.39 Å². The van der Waals surface area contributed by atoms with Crippen molar-refractivity contribution in [3.63, 3.8) is 0 Å². The van der Waals surface area contributed by atoms with Gasteiger partial charge in [0, 0.05) is 39.3 Å². The molecule has 1 saturated heterocycles. The minimum absolute atomic E-state index is 0.157. The lowest BCUT2D eigenvalue weighted by Gasteiger charge is -2.39. The standard InChI is InChI=1S/C24H37FN2O2/c1-23(2)18-8-10-24(23,3)22(16-18)29-15-9-19(28)17-26-11-13-27(14-12-26)21-7-5-4-6-20(21)25/h4-7,18-19,22,28H,8-17H2,1-3H3/t18-,19-,22+,24-/m0/s1. The molecule has 4 rings (SSSR count). The van der Waals surface area contributed by atoms with E-state index in [1.165, 1.54) is 25.3 Å². The molecule has 1 heterocycles. The molecular formula is C24H37FN2O2. The summed E-state index contributed by atoms with van der Waals surface area (Å²) in [5.74, 6) is 0.629. The molecule has 4 atom stereocenters. The van der Waals surface area contributed by atoms with E-state index in [0.717, 1.165) is 32.1 Å². The molecule has 1 aromatic rings. The van der Waals surface area contributed by atoms with Crippen LogP contribution in [0.25, 0.3) is 0 Å². The molecule has 1 aliphatic heterocycles. The Morgan fingerprint density at radius 1 is 1.17 bits per heavy atom. The lowest BCUT2D eigenvalue weighted by molar-refractivity contribution is -0.0564. The number of hydrogen-bond donors (Lipinski definition) is 1. The number of para-hydroxylation sites is 1. The average molecular weight is 405 g/mol. The first kappa shape index (κ1) is 21.1. The summed E-state index contributed by atoms with van der Waals surface area (Å²) in [5, 5.41) is 10.5. The van der Waals surface area contributed by atoms with Crippen molar-refractivity contribution >= 4 is 5.69 Å². The molecule has 2 aliphatic carbocycles. The number of nitrogens with zero attached hydrogens (tertiary/aromatic N) is 2. The van der Waals surface area contributed by atoms with E-state index in [1.54, 1.807) is 6.07 Å². The van der Waals surface area contributed by atoms with Gasteiger partial charge in [-0.3, -0.25) is 4.90 Å². The Balaban J connectivity index is 1.18. The highest BCUT2D eigenvalue weighted by atomic mass is 19.1. The molecule has 3 aliphatic rings. The van der Waals surface area contributed by atoms with Crippen molar-refractivity contribution in [2.24, 2.45) is 16.7 Å². The van der Waals surface area contributed by atoms with E-state index in [1.807, 2.05) is 12.1 Å². The number of β-amino-alcohol motifs (C(OH)–C–C–N with tert-alkyl or cyclic N) is 1. The highest BCUT2D eigenvalue weighted by Crippen LogP contribution is 2.66. The Hall–Kier alpha value is -1.17. The van der Waals surface area contributed by atoms with Crippen LogP contribution in [0.1, 0.15) is 46.5 Å². The summed E-state index contributed by atoms with van der Waals surface area (Å²) in [5.41, 5.74) is 1.34. The summed E-state index contributed by atoms with van der Waals surface area (Å²) >= 11 is 0. The van der Waals surface area contributed by atoms with Gasteiger partial charge in [-0.2, -0.15) is 0 Å². The van der Waals surface area contributed by atoms with Crippen LogP contribution < -0.4 is 4.90 Å². The summed E-state index contributed by atoms with van der Waals surface area (Å²) in [7, 11) is 0. The summed E-state index contributed by atoms with van der Waals surface area (Å²) in [6, 6.07) is 6.97. The number of aliphatic hydroxyl groups excluding tert-OH is 1. The Bertz CT molecular complexity index is 704. The van der Waals surface area contributed by atoms with Crippen LogP contribution in [0.3, 0.4) is 0 Å². The van der Waals surface area contributed by atoms with Gasteiger partial charge in [-0.05, 0) is 54.6 Å². The van der Waals surface area contributed by atoms with E-state index >= 15 is 0 Å². The second kappa shape index (κ2) is 8.16. The second-order valence-electron chi connectivity index (χ2n) is 10.2. The number of ether oxygens (including phenoxy) is 1. The SMILES string of the molecule is CC1(C)[C@H]2CC[C@@]1(C)[C@H](OCC[C@H](O)CN1CCN(c3ccccc3F)CC1)C2. The van der Waals surface area contributed by atoms with Crippen molar-refractivity contribution in [1.29, 1.82) is 0 Å². The number of rotatable bonds is 7. The van der Waals surface area contributed by atoms with Crippen LogP contribution in [-0.2, 0) is 4.74 Å². The predicted molar refractivity (Wildman–Crippen MR) is 115 cm³/mol. The quantitative estimate of drug-likeness (QED) is 0.747. The zero-order valence-corrected chi connectivity index (χ0v) is 18.2. The molecule has 1 aromatic carbocycles. The summed E-state index contributed by atoms with van der Waals surface area (Å²) in [6.45, 7) is 11.8. The molecule has 0 radical (unpaired) electrons. The number of hydrogen-bond acceptors (Lipinski definition) is 4. The van der Waals surface area contributed by atoms with Gasteiger partial charge in [0.1, 0.15) is 5.82 Å². The van der Waals surface area contributed by atoms with E-state index in [-0.39, 0.29) is 17.3 Å². The molecule has 4 nitrogen and oxygen atoms in total. The fraction of sp³-hybridized carbons (Fsp3) is 0.750. The topological polar surface area (TPSA) is 35.9 Å². The fourth-order valence-electron chi connectivity index (χ4n) is 6.00. The molecule has 2 saturated carbocycles. The normalized spacial score (nSPS) is 32.7. The van der Waals surface area contributed by atoms with Gasteiger partial charge in [0.15, 0.2) is 0 Å². The number of benzene rings is 1. The van der Waals surface area contributed by atoms with Crippen LogP contribution in [0, 0.1) is 22.6 Å². The first-order valence-electron chi connectivity index (χ1n) is 11.3. The van der Waals surface area contributed by atoms with Gasteiger partial charge in [-0.1, -0.05) is 32.9 Å². The van der Waals surface area contributed by atoms with Crippen molar-refractivity contribution < 1.29 is 14.2 Å². The highest BCUT2D eigenvalue weighted by Gasteiger charge is 2.61. The number of piperazine rings is 1. The Labute approximate surface area is 175 Å². The molecule has 0 amide bonds. The summed E-state index contributed by atoms with van der Waals surface area (Å²) < 4.78 is 20.3. The van der Waals surface area contributed by atoms with Gasteiger partial charge in [0.05, 0.1) is 17.9 Å². The fourth-order valence-corrected chi connectivity index (χ4v) is 6.00. The lowest BCUT2D eigenvalue weighted by atomic mass is 9.70. The third-order valence-electron chi connectivity index (χ3n) is 8.52. The van der Waals surface area contributed by atoms with E-state index in [9.17, 15) is 9.50 Å². The number of anilines is 1. The number of halogens is 1. The lowest BCUT2D eigenvalue weighted by Crippen LogP contribution is -2.49. The van der Waals surface area contributed by atoms with Gasteiger partial charge >= 0.3 is 0 Å². The van der Waals surface area contributed by atoms with Gasteiger partial charge in [0.25, 0.3) is 0 Å². The van der Waals surface area contributed by atoms with Crippen molar-refractivity contribution in [2.75, 3.05) is 44.2 Å².